The first-order valence-electron chi connectivity index (χ1n) is 20.5. The van der Waals surface area contributed by atoms with Crippen LogP contribution in [0.15, 0.2) is 223 Å². The number of furan rings is 1. The molecule has 280 valence electrons. The van der Waals surface area contributed by atoms with E-state index < -0.39 is 5.41 Å². The van der Waals surface area contributed by atoms with Gasteiger partial charge in [0.05, 0.1) is 16.8 Å². The van der Waals surface area contributed by atoms with Gasteiger partial charge >= 0.3 is 0 Å². The molecule has 0 radical (unpaired) electrons. The van der Waals surface area contributed by atoms with Gasteiger partial charge in [-0.15, -0.1) is 0 Å². The Kier molecular flexibility index (Phi) is 7.76. The number of nitrogens with zero attached hydrogens (tertiary/aromatic N) is 2. The minimum absolute atomic E-state index is 0.461. The summed E-state index contributed by atoms with van der Waals surface area (Å²) in [6.07, 6.45) is 0. The van der Waals surface area contributed by atoms with E-state index in [0.717, 1.165) is 66.5 Å². The minimum atomic E-state index is -0.461. The highest BCUT2D eigenvalue weighted by Gasteiger charge is 2.46. The fourth-order valence-electron chi connectivity index (χ4n) is 9.55. The van der Waals surface area contributed by atoms with Gasteiger partial charge in [0, 0.05) is 27.5 Å². The summed E-state index contributed by atoms with van der Waals surface area (Å²) in [4.78, 5) is 10.6. The van der Waals surface area contributed by atoms with Crippen LogP contribution in [-0.2, 0) is 5.41 Å². The Balaban J connectivity index is 1.01. The van der Waals surface area contributed by atoms with Gasteiger partial charge < -0.3 is 4.42 Å². The first-order chi connectivity index (χ1) is 29.7. The van der Waals surface area contributed by atoms with Gasteiger partial charge in [-0.3, -0.25) is 0 Å². The number of hydrogen-bond donors (Lipinski definition) is 0. The Hall–Kier alpha value is -7.88. The molecule has 0 N–H and O–H groups in total. The number of benzene rings is 9. The summed E-state index contributed by atoms with van der Waals surface area (Å²) >= 11 is 0. The summed E-state index contributed by atoms with van der Waals surface area (Å²) in [6, 6.07) is 78.2. The second-order valence-electron chi connectivity index (χ2n) is 15.7. The van der Waals surface area contributed by atoms with Gasteiger partial charge in [-0.1, -0.05) is 182 Å². The summed E-state index contributed by atoms with van der Waals surface area (Å²) in [5.41, 5.74) is 15.9. The van der Waals surface area contributed by atoms with E-state index in [2.05, 4.69) is 206 Å². The largest absolute Gasteiger partial charge is 0.456 e. The van der Waals surface area contributed by atoms with Crippen molar-refractivity contribution in [3.63, 3.8) is 0 Å². The summed E-state index contributed by atoms with van der Waals surface area (Å²) in [5, 5.41) is 4.59. The van der Waals surface area contributed by atoms with E-state index in [-0.39, 0.29) is 0 Å². The monoisotopic (exact) mass is 764 g/mol. The van der Waals surface area contributed by atoms with Crippen molar-refractivity contribution in [2.24, 2.45) is 0 Å². The van der Waals surface area contributed by atoms with E-state index in [0.29, 0.717) is 5.82 Å². The van der Waals surface area contributed by atoms with Crippen molar-refractivity contribution >= 4 is 32.7 Å². The molecular weight excluding hydrogens is 729 g/mol. The molecule has 0 spiro atoms. The molecule has 60 heavy (non-hydrogen) atoms. The summed E-state index contributed by atoms with van der Waals surface area (Å²) < 4.78 is 6.12. The minimum Gasteiger partial charge on any atom is -0.456 e. The molecule has 0 unspecified atom stereocenters. The van der Waals surface area contributed by atoms with Crippen molar-refractivity contribution in [1.29, 1.82) is 0 Å². The predicted molar refractivity (Wildman–Crippen MR) is 246 cm³/mol. The maximum atomic E-state index is 6.12. The summed E-state index contributed by atoms with van der Waals surface area (Å²) in [6.45, 7) is 0. The third-order valence-corrected chi connectivity index (χ3v) is 12.4. The lowest BCUT2D eigenvalue weighted by atomic mass is 9.67. The number of rotatable bonds is 6. The Morgan fingerprint density at radius 2 is 0.917 bits per heavy atom. The Morgan fingerprint density at radius 3 is 1.72 bits per heavy atom. The van der Waals surface area contributed by atoms with Crippen LogP contribution >= 0.6 is 0 Å². The molecule has 12 rings (SSSR count). The van der Waals surface area contributed by atoms with E-state index in [1.807, 2.05) is 12.1 Å². The van der Waals surface area contributed by atoms with Crippen LogP contribution in [0.2, 0.25) is 0 Å². The quantitative estimate of drug-likeness (QED) is 0.169. The van der Waals surface area contributed by atoms with E-state index in [1.54, 1.807) is 0 Å². The van der Waals surface area contributed by atoms with Crippen LogP contribution in [0, 0.1) is 0 Å². The summed E-state index contributed by atoms with van der Waals surface area (Å²) in [7, 11) is 0. The first kappa shape index (κ1) is 34.2. The van der Waals surface area contributed by atoms with Crippen LogP contribution in [0.4, 0.5) is 0 Å². The zero-order valence-electron chi connectivity index (χ0n) is 32.6. The van der Waals surface area contributed by atoms with Crippen molar-refractivity contribution in [2.45, 2.75) is 5.41 Å². The molecule has 9 aromatic carbocycles. The molecule has 3 nitrogen and oxygen atoms in total. The molecule has 0 aliphatic heterocycles. The Morgan fingerprint density at radius 1 is 0.333 bits per heavy atom. The molecular formula is C57H36N2O. The molecule has 2 heterocycles. The smallest absolute Gasteiger partial charge is 0.160 e. The average molecular weight is 765 g/mol. The lowest BCUT2D eigenvalue weighted by molar-refractivity contribution is 0.669. The van der Waals surface area contributed by atoms with Crippen molar-refractivity contribution < 1.29 is 4.42 Å². The Bertz CT molecular complexity index is 3380. The lowest BCUT2D eigenvalue weighted by Gasteiger charge is -2.33. The Labute approximate surface area is 347 Å². The molecule has 0 atom stereocenters. The van der Waals surface area contributed by atoms with Gasteiger partial charge in [-0.25, -0.2) is 9.97 Å². The van der Waals surface area contributed by atoms with Crippen LogP contribution in [0.25, 0.3) is 88.9 Å². The van der Waals surface area contributed by atoms with Gasteiger partial charge in [0.25, 0.3) is 0 Å². The molecule has 1 aliphatic rings. The first-order valence-corrected chi connectivity index (χ1v) is 20.5. The molecule has 2 aromatic heterocycles. The van der Waals surface area contributed by atoms with E-state index in [9.17, 15) is 0 Å². The van der Waals surface area contributed by atoms with Gasteiger partial charge in [0.2, 0.25) is 0 Å². The summed E-state index contributed by atoms with van der Waals surface area (Å²) in [5.74, 6) is 0.693. The predicted octanol–water partition coefficient (Wildman–Crippen LogP) is 14.6. The van der Waals surface area contributed by atoms with Crippen LogP contribution in [-0.4, -0.2) is 9.97 Å². The fourth-order valence-corrected chi connectivity index (χ4v) is 9.55. The second-order valence-corrected chi connectivity index (χ2v) is 15.7. The van der Waals surface area contributed by atoms with Crippen molar-refractivity contribution in [3.05, 3.63) is 241 Å². The average Bonchev–Trinajstić information content (AvgIpc) is 3.85. The maximum Gasteiger partial charge on any atom is 0.160 e. The molecule has 0 bridgehead atoms. The zero-order valence-corrected chi connectivity index (χ0v) is 32.6. The van der Waals surface area contributed by atoms with Gasteiger partial charge in [-0.05, 0) is 91.7 Å². The normalized spacial score (nSPS) is 12.8. The number of hydrogen-bond acceptors (Lipinski definition) is 3. The molecule has 0 fully saturated rings. The van der Waals surface area contributed by atoms with Crippen LogP contribution in [0.5, 0.6) is 0 Å². The topological polar surface area (TPSA) is 38.9 Å². The van der Waals surface area contributed by atoms with Crippen molar-refractivity contribution in [1.82, 2.24) is 9.97 Å². The van der Waals surface area contributed by atoms with Gasteiger partial charge in [0.1, 0.15) is 11.2 Å². The third-order valence-electron chi connectivity index (χ3n) is 12.4. The third kappa shape index (κ3) is 5.37. The standard InChI is InChI=1S/C57H36N2O/c1-3-15-44(16-4-1)57(45-17-5-2-6-18-45)50-21-11-9-19-46(50)48-35-42(29-31-51(48)57)53-36-52(58-56(59-53)43-28-25-37-13-7-8-14-40(37)33-43)39-26-23-38(24-27-39)41-30-32-55-49(34-41)47-20-10-12-22-54(47)60-55/h1-36H. The molecule has 0 saturated heterocycles. The van der Waals surface area contributed by atoms with E-state index in [1.165, 1.54) is 38.8 Å². The van der Waals surface area contributed by atoms with Gasteiger partial charge in [-0.2, -0.15) is 0 Å². The molecule has 0 amide bonds. The van der Waals surface area contributed by atoms with Gasteiger partial charge in [0.15, 0.2) is 5.82 Å². The maximum absolute atomic E-state index is 6.12. The lowest BCUT2D eigenvalue weighted by Crippen LogP contribution is -2.28. The highest BCUT2D eigenvalue weighted by atomic mass is 16.3. The number of aromatic nitrogens is 2. The molecule has 11 aromatic rings. The van der Waals surface area contributed by atoms with E-state index in [4.69, 9.17) is 14.4 Å². The second kappa shape index (κ2) is 13.6. The molecule has 1 aliphatic carbocycles. The van der Waals surface area contributed by atoms with Crippen LogP contribution in [0.1, 0.15) is 22.3 Å². The SMILES string of the molecule is c1ccc(C2(c3ccccc3)c3ccccc3-c3cc(-c4cc(-c5ccc(-c6ccc7oc8ccccc8c7c6)cc5)nc(-c5ccc6ccccc6c5)n4)ccc32)cc1. The van der Waals surface area contributed by atoms with Crippen LogP contribution in [0.3, 0.4) is 0 Å². The molecule has 3 heteroatoms. The highest BCUT2D eigenvalue weighted by molar-refractivity contribution is 6.06. The fraction of sp³-hybridized carbons (Fsp3) is 0.0175. The van der Waals surface area contributed by atoms with E-state index >= 15 is 0 Å². The number of para-hydroxylation sites is 1. The molecule has 0 saturated carbocycles. The van der Waals surface area contributed by atoms with Crippen molar-refractivity contribution in [2.75, 3.05) is 0 Å². The van der Waals surface area contributed by atoms with Crippen LogP contribution < -0.4 is 0 Å². The van der Waals surface area contributed by atoms with Crippen molar-refractivity contribution in [3.8, 4) is 56.2 Å². The highest BCUT2D eigenvalue weighted by Crippen LogP contribution is 2.56. The zero-order chi connectivity index (χ0) is 39.6. The number of fused-ring (bicyclic) bond motifs is 7.